The zero-order valence-corrected chi connectivity index (χ0v) is 19.7. The van der Waals surface area contributed by atoms with Crippen molar-refractivity contribution in [1.29, 1.82) is 0 Å². The largest absolute Gasteiger partial charge is 0.442 e. The third-order valence-electron chi connectivity index (χ3n) is 7.10. The molecule has 0 atom stereocenters. The minimum Gasteiger partial charge on any atom is -0.442 e. The Hall–Kier alpha value is -3.00. The van der Waals surface area contributed by atoms with Gasteiger partial charge in [-0.05, 0) is 75.7 Å². The molecule has 3 aromatic rings. The standard InChI is InChI=1S/C26H32FN5O2/c1-18-22(23-24(29-17-30-26(23)34-18)32-11-3-2-4-12-32)25(33)28-15-19-9-13-31(14-10-19)16-20-5-7-21(27)8-6-20/h5-8,17,19H,2-4,9-16H2,1H3,(H,28,33). The summed E-state index contributed by atoms with van der Waals surface area (Å²) < 4.78 is 19.0. The average Bonchev–Trinajstić information content (AvgIpc) is 3.21. The van der Waals surface area contributed by atoms with Crippen molar-refractivity contribution in [3.8, 4) is 0 Å². The fourth-order valence-corrected chi connectivity index (χ4v) is 5.17. The van der Waals surface area contributed by atoms with E-state index in [1.807, 2.05) is 19.1 Å². The zero-order valence-electron chi connectivity index (χ0n) is 19.7. The van der Waals surface area contributed by atoms with Gasteiger partial charge in [0, 0.05) is 26.2 Å². The third-order valence-corrected chi connectivity index (χ3v) is 7.10. The number of benzene rings is 1. The van der Waals surface area contributed by atoms with Crippen LogP contribution in [0.5, 0.6) is 0 Å². The third kappa shape index (κ3) is 4.92. The highest BCUT2D eigenvalue weighted by Crippen LogP contribution is 2.32. The summed E-state index contributed by atoms with van der Waals surface area (Å²) in [5.74, 6) is 1.51. The van der Waals surface area contributed by atoms with Gasteiger partial charge in [-0.3, -0.25) is 9.69 Å². The molecule has 7 nitrogen and oxygen atoms in total. The van der Waals surface area contributed by atoms with Gasteiger partial charge in [0.15, 0.2) is 0 Å². The van der Waals surface area contributed by atoms with Gasteiger partial charge >= 0.3 is 0 Å². The molecule has 0 aliphatic carbocycles. The molecule has 8 heteroatoms. The first-order valence-corrected chi connectivity index (χ1v) is 12.3. The molecule has 0 saturated carbocycles. The van der Waals surface area contributed by atoms with Crippen LogP contribution in [0.2, 0.25) is 0 Å². The fourth-order valence-electron chi connectivity index (χ4n) is 5.17. The van der Waals surface area contributed by atoms with Crippen LogP contribution in [-0.2, 0) is 6.54 Å². The molecule has 0 spiro atoms. The fraction of sp³-hybridized carbons (Fsp3) is 0.500. The van der Waals surface area contributed by atoms with Crippen LogP contribution in [0.25, 0.3) is 11.1 Å². The van der Waals surface area contributed by atoms with Crippen molar-refractivity contribution in [3.05, 3.63) is 53.3 Å². The number of halogens is 1. The number of fused-ring (bicyclic) bond motifs is 1. The lowest BCUT2D eigenvalue weighted by Crippen LogP contribution is -2.38. The molecule has 0 bridgehead atoms. The van der Waals surface area contributed by atoms with Gasteiger partial charge in [-0.2, -0.15) is 0 Å². The first-order valence-electron chi connectivity index (χ1n) is 12.3. The number of aromatic nitrogens is 2. The molecule has 0 unspecified atom stereocenters. The second-order valence-corrected chi connectivity index (χ2v) is 9.51. The first kappa shape index (κ1) is 22.8. The van der Waals surface area contributed by atoms with Crippen molar-refractivity contribution in [2.75, 3.05) is 37.6 Å². The molecule has 1 amide bonds. The Morgan fingerprint density at radius 3 is 2.56 bits per heavy atom. The number of hydrogen-bond acceptors (Lipinski definition) is 6. The summed E-state index contributed by atoms with van der Waals surface area (Å²) in [6.45, 7) is 7.12. The number of amides is 1. The minimum atomic E-state index is -0.201. The number of carbonyl (C=O) groups is 1. The van der Waals surface area contributed by atoms with E-state index in [-0.39, 0.29) is 11.7 Å². The highest BCUT2D eigenvalue weighted by atomic mass is 19.1. The summed E-state index contributed by atoms with van der Waals surface area (Å²) in [5, 5.41) is 3.89. The lowest BCUT2D eigenvalue weighted by molar-refractivity contribution is 0.0935. The number of carbonyl (C=O) groups excluding carboxylic acids is 1. The van der Waals surface area contributed by atoms with Crippen molar-refractivity contribution in [3.63, 3.8) is 0 Å². The van der Waals surface area contributed by atoms with E-state index >= 15 is 0 Å². The van der Waals surface area contributed by atoms with Crippen LogP contribution in [0, 0.1) is 18.7 Å². The maximum atomic E-state index is 13.3. The quantitative estimate of drug-likeness (QED) is 0.585. The molecule has 2 fully saturated rings. The van der Waals surface area contributed by atoms with E-state index in [2.05, 4.69) is 25.1 Å². The van der Waals surface area contributed by atoms with Crippen LogP contribution in [0.1, 0.15) is 53.8 Å². The van der Waals surface area contributed by atoms with Crippen molar-refractivity contribution < 1.29 is 13.6 Å². The average molecular weight is 466 g/mol. The van der Waals surface area contributed by atoms with E-state index in [0.29, 0.717) is 29.5 Å². The number of nitrogens with zero attached hydrogens (tertiary/aromatic N) is 4. The topological polar surface area (TPSA) is 74.5 Å². The van der Waals surface area contributed by atoms with Gasteiger partial charge < -0.3 is 14.6 Å². The molecule has 4 heterocycles. The Balaban J connectivity index is 1.21. The summed E-state index contributed by atoms with van der Waals surface area (Å²) in [4.78, 5) is 26.7. The SMILES string of the molecule is Cc1oc2ncnc(N3CCCCC3)c2c1C(=O)NCC1CCN(Cc2ccc(F)cc2)CC1. The van der Waals surface area contributed by atoms with Crippen LogP contribution in [-0.4, -0.2) is 53.5 Å². The normalized spacial score (nSPS) is 17.9. The van der Waals surface area contributed by atoms with Gasteiger partial charge in [0.25, 0.3) is 5.91 Å². The van der Waals surface area contributed by atoms with Crippen LogP contribution in [0.15, 0.2) is 35.0 Å². The highest BCUT2D eigenvalue weighted by molar-refractivity contribution is 6.10. The number of aryl methyl sites for hydroxylation is 1. The smallest absolute Gasteiger partial charge is 0.255 e. The molecular weight excluding hydrogens is 433 g/mol. The minimum absolute atomic E-state index is 0.113. The summed E-state index contributed by atoms with van der Waals surface area (Å²) in [5.41, 5.74) is 2.17. The van der Waals surface area contributed by atoms with Gasteiger partial charge in [0.05, 0.1) is 10.9 Å². The van der Waals surface area contributed by atoms with Gasteiger partial charge in [0.2, 0.25) is 5.71 Å². The Morgan fingerprint density at radius 1 is 1.09 bits per heavy atom. The number of hydrogen-bond donors (Lipinski definition) is 1. The lowest BCUT2D eigenvalue weighted by atomic mass is 9.96. The second-order valence-electron chi connectivity index (χ2n) is 9.51. The van der Waals surface area contributed by atoms with Crippen molar-refractivity contribution in [1.82, 2.24) is 20.2 Å². The Morgan fingerprint density at radius 2 is 1.82 bits per heavy atom. The number of nitrogens with one attached hydrogen (secondary N) is 1. The van der Waals surface area contributed by atoms with Gasteiger partial charge in [-0.25, -0.2) is 14.4 Å². The Labute approximate surface area is 199 Å². The summed E-state index contributed by atoms with van der Waals surface area (Å²) in [6, 6.07) is 6.73. The maximum Gasteiger partial charge on any atom is 0.255 e. The van der Waals surface area contributed by atoms with Crippen LogP contribution >= 0.6 is 0 Å². The van der Waals surface area contributed by atoms with Gasteiger partial charge in [0.1, 0.15) is 23.7 Å². The van der Waals surface area contributed by atoms with E-state index in [9.17, 15) is 9.18 Å². The van der Waals surface area contributed by atoms with Crippen molar-refractivity contribution >= 4 is 22.8 Å². The van der Waals surface area contributed by atoms with Crippen LogP contribution < -0.4 is 10.2 Å². The maximum absolute atomic E-state index is 13.3. The number of furan rings is 1. The predicted octanol–water partition coefficient (Wildman–Crippen LogP) is 4.30. The molecule has 2 aromatic heterocycles. The molecular formula is C26H32FN5O2. The zero-order chi connectivity index (χ0) is 23.5. The molecule has 34 heavy (non-hydrogen) atoms. The summed E-state index contributed by atoms with van der Waals surface area (Å²) in [7, 11) is 0. The van der Waals surface area contributed by atoms with Crippen molar-refractivity contribution in [2.45, 2.75) is 45.6 Å². The van der Waals surface area contributed by atoms with E-state index in [1.165, 1.54) is 24.9 Å². The van der Waals surface area contributed by atoms with E-state index in [0.717, 1.165) is 75.2 Å². The number of anilines is 1. The number of piperidine rings is 2. The lowest BCUT2D eigenvalue weighted by Gasteiger charge is -2.32. The van der Waals surface area contributed by atoms with Crippen LogP contribution in [0.4, 0.5) is 10.2 Å². The molecule has 2 aliphatic rings. The molecule has 1 aromatic carbocycles. The van der Waals surface area contributed by atoms with Gasteiger partial charge in [-0.1, -0.05) is 12.1 Å². The molecule has 180 valence electrons. The monoisotopic (exact) mass is 465 g/mol. The van der Waals surface area contributed by atoms with Crippen LogP contribution in [0.3, 0.4) is 0 Å². The Kier molecular flexibility index (Phi) is 6.76. The van der Waals surface area contributed by atoms with E-state index < -0.39 is 0 Å². The summed E-state index contributed by atoms with van der Waals surface area (Å²) in [6.07, 6.45) is 7.05. The number of likely N-dealkylation sites (tertiary alicyclic amines) is 1. The molecule has 5 rings (SSSR count). The Bertz CT molecular complexity index is 1130. The van der Waals surface area contributed by atoms with Crippen molar-refractivity contribution in [2.24, 2.45) is 5.92 Å². The second kappa shape index (κ2) is 10.1. The van der Waals surface area contributed by atoms with Gasteiger partial charge in [-0.15, -0.1) is 0 Å². The highest BCUT2D eigenvalue weighted by Gasteiger charge is 2.27. The number of rotatable bonds is 6. The molecule has 2 saturated heterocycles. The summed E-state index contributed by atoms with van der Waals surface area (Å²) >= 11 is 0. The molecule has 1 N–H and O–H groups in total. The molecule has 2 aliphatic heterocycles. The predicted molar refractivity (Wildman–Crippen MR) is 129 cm³/mol. The first-order chi connectivity index (χ1) is 16.6. The van der Waals surface area contributed by atoms with E-state index in [1.54, 1.807) is 0 Å². The van der Waals surface area contributed by atoms with E-state index in [4.69, 9.17) is 4.42 Å². The molecule has 0 radical (unpaired) electrons.